The third kappa shape index (κ3) is 5.66. The van der Waals surface area contributed by atoms with Crippen LogP contribution in [0.15, 0.2) is 45.4 Å². The van der Waals surface area contributed by atoms with Gasteiger partial charge in [-0.15, -0.1) is 0 Å². The molecule has 1 fully saturated rings. The predicted molar refractivity (Wildman–Crippen MR) is 129 cm³/mol. The fourth-order valence-electron chi connectivity index (χ4n) is 3.77. The molecule has 174 valence electrons. The third-order valence-corrected chi connectivity index (χ3v) is 6.85. The van der Waals surface area contributed by atoms with Gasteiger partial charge in [-0.1, -0.05) is 16.8 Å². The molecule has 2 aromatic carbocycles. The van der Waals surface area contributed by atoms with Gasteiger partial charge in [0.05, 0.1) is 25.8 Å². The van der Waals surface area contributed by atoms with Gasteiger partial charge in [-0.25, -0.2) is 0 Å². The Kier molecular flexibility index (Phi) is 7.52. The van der Waals surface area contributed by atoms with E-state index in [1.807, 2.05) is 30.3 Å². The van der Waals surface area contributed by atoms with E-state index in [4.69, 9.17) is 25.6 Å². The molecule has 10 heteroatoms. The van der Waals surface area contributed by atoms with Crippen LogP contribution in [-0.4, -0.2) is 48.3 Å². The van der Waals surface area contributed by atoms with Gasteiger partial charge in [0.15, 0.2) is 11.5 Å². The minimum absolute atomic E-state index is 0.0153. The number of amides is 1. The zero-order valence-corrected chi connectivity index (χ0v) is 20.6. The lowest BCUT2D eigenvalue weighted by atomic mass is 9.96. The highest BCUT2D eigenvalue weighted by Crippen LogP contribution is 2.31. The Morgan fingerprint density at radius 2 is 1.94 bits per heavy atom. The molecule has 8 nitrogen and oxygen atoms in total. The van der Waals surface area contributed by atoms with Crippen LogP contribution in [0, 0.1) is 5.92 Å². The maximum Gasteiger partial charge on any atom is 0.241 e. The average Bonchev–Trinajstić information content (AvgIpc) is 3.30. The van der Waals surface area contributed by atoms with Crippen LogP contribution in [0.25, 0.3) is 11.4 Å². The molecule has 2 heterocycles. The highest BCUT2D eigenvalue weighted by atomic mass is 79.9. The third-order valence-electron chi connectivity index (χ3n) is 5.61. The van der Waals surface area contributed by atoms with E-state index in [2.05, 4.69) is 36.3 Å². The molecule has 1 saturated heterocycles. The Morgan fingerprint density at radius 1 is 1.18 bits per heavy atom. The molecule has 1 N–H and O–H groups in total. The summed E-state index contributed by atoms with van der Waals surface area (Å²) >= 11 is 9.47. The van der Waals surface area contributed by atoms with Crippen LogP contribution in [-0.2, 0) is 11.3 Å². The van der Waals surface area contributed by atoms with E-state index in [1.54, 1.807) is 20.3 Å². The second-order valence-corrected chi connectivity index (χ2v) is 9.01. The van der Waals surface area contributed by atoms with Crippen molar-refractivity contribution in [2.24, 2.45) is 5.92 Å². The summed E-state index contributed by atoms with van der Waals surface area (Å²) in [4.78, 5) is 19.4. The molecule has 0 bridgehead atoms. The molecule has 0 spiro atoms. The van der Waals surface area contributed by atoms with Crippen LogP contribution in [0.2, 0.25) is 5.02 Å². The van der Waals surface area contributed by atoms with Gasteiger partial charge in [-0.3, -0.25) is 9.69 Å². The molecule has 1 aromatic heterocycles. The van der Waals surface area contributed by atoms with E-state index in [0.717, 1.165) is 36.0 Å². The summed E-state index contributed by atoms with van der Waals surface area (Å²) in [7, 11) is 3.18. The first-order chi connectivity index (χ1) is 16.0. The van der Waals surface area contributed by atoms with Crippen molar-refractivity contribution >= 4 is 39.1 Å². The summed E-state index contributed by atoms with van der Waals surface area (Å²) in [5, 5.41) is 7.62. The molecule has 0 saturated carbocycles. The number of benzene rings is 2. The summed E-state index contributed by atoms with van der Waals surface area (Å²) in [6.45, 7) is 2.08. The minimum Gasteiger partial charge on any atom is -0.493 e. The Labute approximate surface area is 205 Å². The molecular weight excluding hydrogens is 512 g/mol. The van der Waals surface area contributed by atoms with E-state index < -0.39 is 0 Å². The highest BCUT2D eigenvalue weighted by molar-refractivity contribution is 9.10. The summed E-state index contributed by atoms with van der Waals surface area (Å²) in [5.41, 5.74) is 1.48. The smallest absolute Gasteiger partial charge is 0.241 e. The number of likely N-dealkylation sites (tertiary alicyclic amines) is 1. The normalized spacial score (nSPS) is 14.8. The van der Waals surface area contributed by atoms with Crippen LogP contribution < -0.4 is 14.8 Å². The van der Waals surface area contributed by atoms with Crippen LogP contribution in [0.3, 0.4) is 0 Å². The van der Waals surface area contributed by atoms with Gasteiger partial charge in [0, 0.05) is 21.6 Å². The molecule has 1 aliphatic rings. The quantitative estimate of drug-likeness (QED) is 0.454. The number of nitrogens with one attached hydrogen (secondary N) is 1. The number of aromatic nitrogens is 2. The molecule has 0 atom stereocenters. The van der Waals surface area contributed by atoms with Crippen LogP contribution in [0.4, 0.5) is 5.69 Å². The first kappa shape index (κ1) is 23.5. The minimum atomic E-state index is -0.0475. The monoisotopic (exact) mass is 534 g/mol. The molecule has 33 heavy (non-hydrogen) atoms. The van der Waals surface area contributed by atoms with E-state index in [0.29, 0.717) is 40.5 Å². The maximum atomic E-state index is 12.6. The van der Waals surface area contributed by atoms with Gasteiger partial charge in [-0.05, 0) is 78.3 Å². The fraction of sp³-hybridized carbons (Fsp3) is 0.348. The summed E-state index contributed by atoms with van der Waals surface area (Å²) in [5.74, 6) is 2.24. The van der Waals surface area contributed by atoms with Gasteiger partial charge in [0.2, 0.25) is 17.6 Å². The lowest BCUT2D eigenvalue weighted by Gasteiger charge is -2.30. The first-order valence-electron chi connectivity index (χ1n) is 10.5. The standard InChI is InChI=1S/C23H24BrClN4O4/c1-31-19-6-3-15(11-20(19)32-2)22-27-21(33-28-22)13-29-9-7-14(8-10-29)23(30)26-16-4-5-17(24)18(25)12-16/h3-6,11-12,14H,7-10,13H2,1-2H3,(H,26,30). The topological polar surface area (TPSA) is 89.7 Å². The molecule has 3 aromatic rings. The molecule has 1 aliphatic heterocycles. The number of rotatable bonds is 7. The lowest BCUT2D eigenvalue weighted by molar-refractivity contribution is -0.121. The van der Waals surface area contributed by atoms with Gasteiger partial charge in [0.25, 0.3) is 0 Å². The number of ether oxygens (including phenoxy) is 2. The number of carbonyl (C=O) groups is 1. The van der Waals surface area contributed by atoms with E-state index in [1.165, 1.54) is 0 Å². The van der Waals surface area contributed by atoms with Crippen molar-refractivity contribution in [2.75, 3.05) is 32.6 Å². The van der Waals surface area contributed by atoms with E-state index in [9.17, 15) is 4.79 Å². The number of anilines is 1. The van der Waals surface area contributed by atoms with Crippen molar-refractivity contribution in [1.29, 1.82) is 0 Å². The van der Waals surface area contributed by atoms with E-state index >= 15 is 0 Å². The predicted octanol–water partition coefficient (Wildman–Crippen LogP) is 5.02. The highest BCUT2D eigenvalue weighted by Gasteiger charge is 2.26. The van der Waals surface area contributed by atoms with Crippen molar-refractivity contribution < 1.29 is 18.8 Å². The number of hydrogen-bond donors (Lipinski definition) is 1. The maximum absolute atomic E-state index is 12.6. The van der Waals surface area contributed by atoms with Gasteiger partial charge < -0.3 is 19.3 Å². The first-order valence-corrected chi connectivity index (χ1v) is 11.7. The summed E-state index contributed by atoms with van der Waals surface area (Å²) in [6.07, 6.45) is 1.51. The number of halogens is 2. The summed E-state index contributed by atoms with van der Waals surface area (Å²) in [6, 6.07) is 10.9. The lowest BCUT2D eigenvalue weighted by Crippen LogP contribution is -2.37. The molecule has 0 radical (unpaired) electrons. The van der Waals surface area contributed by atoms with Crippen LogP contribution >= 0.6 is 27.5 Å². The Hall–Kier alpha value is -2.62. The Bertz CT molecular complexity index is 1130. The summed E-state index contributed by atoms with van der Waals surface area (Å²) < 4.78 is 16.9. The van der Waals surface area contributed by atoms with E-state index in [-0.39, 0.29) is 11.8 Å². The molecule has 0 unspecified atom stereocenters. The van der Waals surface area contributed by atoms with Gasteiger partial charge in [-0.2, -0.15) is 4.98 Å². The second kappa shape index (κ2) is 10.5. The van der Waals surface area contributed by atoms with Crippen molar-refractivity contribution in [3.63, 3.8) is 0 Å². The van der Waals surface area contributed by atoms with Crippen molar-refractivity contribution in [2.45, 2.75) is 19.4 Å². The number of nitrogens with zero attached hydrogens (tertiary/aromatic N) is 3. The van der Waals surface area contributed by atoms with Crippen LogP contribution in [0.5, 0.6) is 11.5 Å². The number of carbonyl (C=O) groups excluding carboxylic acids is 1. The molecule has 4 rings (SSSR count). The van der Waals surface area contributed by atoms with Crippen molar-refractivity contribution in [3.05, 3.63) is 51.8 Å². The molecular formula is C23H24BrClN4O4. The zero-order chi connectivity index (χ0) is 23.4. The van der Waals surface area contributed by atoms with Crippen molar-refractivity contribution in [3.8, 4) is 22.9 Å². The molecule has 0 aliphatic carbocycles. The number of hydrogen-bond acceptors (Lipinski definition) is 7. The fourth-order valence-corrected chi connectivity index (χ4v) is 4.20. The van der Waals surface area contributed by atoms with Gasteiger partial charge >= 0.3 is 0 Å². The second-order valence-electron chi connectivity index (χ2n) is 7.75. The van der Waals surface area contributed by atoms with Gasteiger partial charge in [0.1, 0.15) is 0 Å². The number of piperidine rings is 1. The average molecular weight is 536 g/mol. The Morgan fingerprint density at radius 3 is 2.64 bits per heavy atom. The largest absolute Gasteiger partial charge is 0.493 e. The Balaban J connectivity index is 1.31. The number of methoxy groups -OCH3 is 2. The van der Waals surface area contributed by atoms with Crippen LogP contribution in [0.1, 0.15) is 18.7 Å². The zero-order valence-electron chi connectivity index (χ0n) is 18.3. The molecule has 1 amide bonds. The SMILES string of the molecule is COc1ccc(-c2noc(CN3CCC(C(=O)Nc4ccc(Br)c(Cl)c4)CC3)n2)cc1OC. The van der Waals surface area contributed by atoms with Crippen molar-refractivity contribution in [1.82, 2.24) is 15.0 Å².